The van der Waals surface area contributed by atoms with Crippen LogP contribution < -0.4 is 5.32 Å². The first-order chi connectivity index (χ1) is 8.16. The second-order valence-electron chi connectivity index (χ2n) is 3.95. The zero-order chi connectivity index (χ0) is 12.3. The number of nitro groups is 1. The van der Waals surface area contributed by atoms with E-state index >= 15 is 0 Å². The summed E-state index contributed by atoms with van der Waals surface area (Å²) in [4.78, 5) is 10.5. The molecule has 0 spiro atoms. The molecular formula is C11H13ClN2O2S. The van der Waals surface area contributed by atoms with Crippen LogP contribution in [0, 0.1) is 10.1 Å². The number of anilines is 1. The fraction of sp³-hybridized carbons (Fsp3) is 0.455. The Balaban J connectivity index is 2.16. The van der Waals surface area contributed by atoms with Crippen LogP contribution in [0.1, 0.15) is 12.8 Å². The number of nitro benzene ring substituents is 1. The molecule has 1 saturated heterocycles. The first kappa shape index (κ1) is 12.5. The molecule has 1 fully saturated rings. The van der Waals surface area contributed by atoms with Crippen LogP contribution in [0.25, 0.3) is 0 Å². The third-order valence-electron chi connectivity index (χ3n) is 2.74. The molecule has 1 heterocycles. The maximum atomic E-state index is 10.9. The number of benzene rings is 1. The van der Waals surface area contributed by atoms with Crippen molar-refractivity contribution in [2.45, 2.75) is 18.9 Å². The van der Waals surface area contributed by atoms with E-state index in [9.17, 15) is 10.1 Å². The molecule has 0 unspecified atom stereocenters. The summed E-state index contributed by atoms with van der Waals surface area (Å²) in [5.41, 5.74) is 0.618. The molecule has 0 saturated carbocycles. The highest BCUT2D eigenvalue weighted by Gasteiger charge is 2.19. The Kier molecular flexibility index (Phi) is 4.12. The van der Waals surface area contributed by atoms with E-state index in [2.05, 4.69) is 5.32 Å². The number of hydrogen-bond donors (Lipinski definition) is 1. The molecule has 1 aliphatic heterocycles. The summed E-state index contributed by atoms with van der Waals surface area (Å²) in [5, 5.41) is 14.6. The minimum absolute atomic E-state index is 0.0516. The summed E-state index contributed by atoms with van der Waals surface area (Å²) in [6.45, 7) is 0. The Bertz CT molecular complexity index is 422. The summed E-state index contributed by atoms with van der Waals surface area (Å²) in [6, 6.07) is 5.08. The average Bonchev–Trinajstić information content (AvgIpc) is 2.32. The van der Waals surface area contributed by atoms with E-state index in [1.165, 1.54) is 6.07 Å². The van der Waals surface area contributed by atoms with Gasteiger partial charge in [0.2, 0.25) is 0 Å². The van der Waals surface area contributed by atoms with E-state index in [0.717, 1.165) is 24.3 Å². The van der Waals surface area contributed by atoms with E-state index in [-0.39, 0.29) is 5.69 Å². The van der Waals surface area contributed by atoms with Crippen LogP contribution in [0.3, 0.4) is 0 Å². The van der Waals surface area contributed by atoms with Gasteiger partial charge < -0.3 is 5.32 Å². The molecular weight excluding hydrogens is 260 g/mol. The van der Waals surface area contributed by atoms with Crippen molar-refractivity contribution in [2.75, 3.05) is 16.8 Å². The van der Waals surface area contributed by atoms with Crippen LogP contribution in [-0.2, 0) is 0 Å². The van der Waals surface area contributed by atoms with Gasteiger partial charge in [-0.15, -0.1) is 0 Å². The van der Waals surface area contributed by atoms with E-state index < -0.39 is 4.92 Å². The van der Waals surface area contributed by atoms with Crippen LogP contribution in [-0.4, -0.2) is 22.5 Å². The lowest BCUT2D eigenvalue weighted by Crippen LogP contribution is -2.24. The molecule has 1 N–H and O–H groups in total. The molecule has 0 radical (unpaired) electrons. The zero-order valence-electron chi connectivity index (χ0n) is 9.19. The van der Waals surface area contributed by atoms with Crippen molar-refractivity contribution in [1.82, 2.24) is 0 Å². The van der Waals surface area contributed by atoms with Gasteiger partial charge in [0.1, 0.15) is 5.69 Å². The predicted octanol–water partition coefficient (Wildman–Crippen LogP) is 3.56. The topological polar surface area (TPSA) is 55.2 Å². The van der Waals surface area contributed by atoms with E-state index in [4.69, 9.17) is 11.6 Å². The molecule has 0 atom stereocenters. The lowest BCUT2D eigenvalue weighted by atomic mass is 10.1. The van der Waals surface area contributed by atoms with Crippen LogP contribution in [0.5, 0.6) is 0 Å². The molecule has 1 aliphatic rings. The summed E-state index contributed by atoms with van der Waals surface area (Å²) < 4.78 is 0. The molecule has 0 aliphatic carbocycles. The monoisotopic (exact) mass is 272 g/mol. The van der Waals surface area contributed by atoms with Crippen LogP contribution in [0.2, 0.25) is 5.02 Å². The molecule has 1 aromatic carbocycles. The number of nitrogens with zero attached hydrogens (tertiary/aromatic N) is 1. The standard InChI is InChI=1S/C11H13ClN2O2S/c12-8-1-2-10(11(7-8)14(15)16)13-9-3-5-17-6-4-9/h1-2,7,9,13H,3-6H2. The SMILES string of the molecule is O=[N+]([O-])c1cc(Cl)ccc1NC1CCSCC1. The van der Waals surface area contributed by atoms with Gasteiger partial charge in [-0.2, -0.15) is 11.8 Å². The first-order valence-corrected chi connectivity index (χ1v) is 6.98. The van der Waals surface area contributed by atoms with Crippen molar-refractivity contribution < 1.29 is 4.92 Å². The molecule has 4 nitrogen and oxygen atoms in total. The molecule has 17 heavy (non-hydrogen) atoms. The lowest BCUT2D eigenvalue weighted by molar-refractivity contribution is -0.384. The number of halogens is 1. The Morgan fingerprint density at radius 2 is 2.12 bits per heavy atom. The van der Waals surface area contributed by atoms with Crippen LogP contribution in [0.4, 0.5) is 11.4 Å². The average molecular weight is 273 g/mol. The van der Waals surface area contributed by atoms with E-state index in [1.54, 1.807) is 12.1 Å². The van der Waals surface area contributed by atoms with Gasteiger partial charge in [0, 0.05) is 17.1 Å². The predicted molar refractivity (Wildman–Crippen MR) is 72.1 cm³/mol. The minimum Gasteiger partial charge on any atom is -0.377 e. The molecule has 0 amide bonds. The molecule has 2 rings (SSSR count). The van der Waals surface area contributed by atoms with Crippen LogP contribution >= 0.6 is 23.4 Å². The summed E-state index contributed by atoms with van der Waals surface area (Å²) in [7, 11) is 0. The third kappa shape index (κ3) is 3.26. The van der Waals surface area contributed by atoms with Gasteiger partial charge >= 0.3 is 0 Å². The fourth-order valence-electron chi connectivity index (χ4n) is 1.84. The minimum atomic E-state index is -0.397. The molecule has 0 bridgehead atoms. The van der Waals surface area contributed by atoms with Crippen molar-refractivity contribution in [3.05, 3.63) is 33.3 Å². The van der Waals surface area contributed by atoms with Crippen molar-refractivity contribution in [1.29, 1.82) is 0 Å². The summed E-state index contributed by atoms with van der Waals surface area (Å²) in [6.07, 6.45) is 2.09. The largest absolute Gasteiger partial charge is 0.377 e. The highest BCUT2D eigenvalue weighted by molar-refractivity contribution is 7.99. The van der Waals surface area contributed by atoms with Crippen molar-refractivity contribution in [3.63, 3.8) is 0 Å². The third-order valence-corrected chi connectivity index (χ3v) is 4.02. The first-order valence-electron chi connectivity index (χ1n) is 5.45. The van der Waals surface area contributed by atoms with Crippen molar-refractivity contribution >= 4 is 34.7 Å². The van der Waals surface area contributed by atoms with Crippen molar-refractivity contribution in [2.24, 2.45) is 0 Å². The normalized spacial score (nSPS) is 16.8. The van der Waals surface area contributed by atoms with Gasteiger partial charge in [0.15, 0.2) is 0 Å². The van der Waals surface area contributed by atoms with Gasteiger partial charge in [-0.1, -0.05) is 11.6 Å². The lowest BCUT2D eigenvalue weighted by Gasteiger charge is -2.23. The maximum absolute atomic E-state index is 10.9. The Labute approximate surface area is 109 Å². The quantitative estimate of drug-likeness (QED) is 0.675. The molecule has 6 heteroatoms. The maximum Gasteiger partial charge on any atom is 0.293 e. The van der Waals surface area contributed by atoms with Gasteiger partial charge in [-0.3, -0.25) is 10.1 Å². The molecule has 0 aromatic heterocycles. The Hall–Kier alpha value is -0.940. The fourth-order valence-corrected chi connectivity index (χ4v) is 3.11. The number of nitrogens with one attached hydrogen (secondary N) is 1. The zero-order valence-corrected chi connectivity index (χ0v) is 10.8. The number of rotatable bonds is 3. The van der Waals surface area contributed by atoms with Gasteiger partial charge in [0.05, 0.1) is 4.92 Å². The highest BCUT2D eigenvalue weighted by atomic mass is 35.5. The van der Waals surface area contributed by atoms with E-state index in [1.807, 2.05) is 11.8 Å². The van der Waals surface area contributed by atoms with Gasteiger partial charge in [0.25, 0.3) is 5.69 Å². The van der Waals surface area contributed by atoms with Gasteiger partial charge in [-0.05, 0) is 36.5 Å². The Morgan fingerprint density at radius 3 is 2.76 bits per heavy atom. The molecule has 92 valence electrons. The van der Waals surface area contributed by atoms with Crippen molar-refractivity contribution in [3.8, 4) is 0 Å². The molecule has 1 aromatic rings. The summed E-state index contributed by atoms with van der Waals surface area (Å²) >= 11 is 7.70. The van der Waals surface area contributed by atoms with Crippen LogP contribution in [0.15, 0.2) is 18.2 Å². The second-order valence-corrected chi connectivity index (χ2v) is 5.61. The van der Waals surface area contributed by atoms with E-state index in [0.29, 0.717) is 16.8 Å². The Morgan fingerprint density at radius 1 is 1.41 bits per heavy atom. The second kappa shape index (κ2) is 5.60. The number of thioether (sulfide) groups is 1. The smallest absolute Gasteiger partial charge is 0.293 e. The highest BCUT2D eigenvalue weighted by Crippen LogP contribution is 2.30. The van der Waals surface area contributed by atoms with Gasteiger partial charge in [-0.25, -0.2) is 0 Å². The summed E-state index contributed by atoms with van der Waals surface area (Å²) in [5.74, 6) is 2.22. The number of hydrogen-bond acceptors (Lipinski definition) is 4.